The first-order valence-electron chi connectivity index (χ1n) is 5.46. The highest BCUT2D eigenvalue weighted by Crippen LogP contribution is 2.28. The number of carbonyl (C=O) groups excluding carboxylic acids is 1. The highest BCUT2D eigenvalue weighted by Gasteiger charge is 2.16. The van der Waals surface area contributed by atoms with Crippen LogP contribution in [0.3, 0.4) is 0 Å². The van der Waals surface area contributed by atoms with Crippen molar-refractivity contribution in [2.45, 2.75) is 6.92 Å². The molecular weight excluding hydrogens is 296 g/mol. The van der Waals surface area contributed by atoms with Crippen molar-refractivity contribution in [3.63, 3.8) is 0 Å². The van der Waals surface area contributed by atoms with E-state index in [2.05, 4.69) is 25.9 Å². The lowest BCUT2D eigenvalue weighted by molar-refractivity contribution is 0.101. The predicted octanol–water partition coefficient (Wildman–Crippen LogP) is 2.97. The zero-order chi connectivity index (χ0) is 13.1. The number of imidazole rings is 1. The second-order valence-corrected chi connectivity index (χ2v) is 4.38. The van der Waals surface area contributed by atoms with Crippen LogP contribution in [0.25, 0.3) is 11.4 Å². The fourth-order valence-electron chi connectivity index (χ4n) is 1.76. The van der Waals surface area contributed by atoms with E-state index in [4.69, 9.17) is 4.74 Å². The molecule has 18 heavy (non-hydrogen) atoms. The number of Topliss-reactive ketones (excluding diaryl/α,β-unsaturated/α-hetero) is 1. The summed E-state index contributed by atoms with van der Waals surface area (Å²) in [5.41, 5.74) is 2.07. The van der Waals surface area contributed by atoms with Gasteiger partial charge in [0.25, 0.3) is 0 Å². The van der Waals surface area contributed by atoms with E-state index in [0.717, 1.165) is 17.0 Å². The molecule has 2 aromatic rings. The first kappa shape index (κ1) is 12.8. The molecule has 1 N–H and O–H groups in total. The number of aromatic amines is 1. The van der Waals surface area contributed by atoms with E-state index in [1.807, 2.05) is 31.2 Å². The molecule has 1 aromatic carbocycles. The van der Waals surface area contributed by atoms with Crippen LogP contribution in [0.4, 0.5) is 0 Å². The molecule has 1 aromatic heterocycles. The zero-order valence-corrected chi connectivity index (χ0v) is 11.7. The number of aromatic nitrogens is 2. The van der Waals surface area contributed by atoms with Crippen LogP contribution in [0.5, 0.6) is 5.75 Å². The van der Waals surface area contributed by atoms with E-state index in [1.165, 1.54) is 0 Å². The molecule has 0 radical (unpaired) electrons. The minimum atomic E-state index is -0.0371. The van der Waals surface area contributed by atoms with Gasteiger partial charge in [0.15, 0.2) is 5.78 Å². The standard InChI is InChI=1S/C13H13BrN2O2/c1-8-12(10(17)7-14)16-13(15-8)9-5-3-4-6-11(9)18-2/h3-6H,7H2,1-2H3,(H,15,16). The molecule has 0 aliphatic heterocycles. The number of benzene rings is 1. The van der Waals surface area contributed by atoms with Gasteiger partial charge in [-0.2, -0.15) is 0 Å². The van der Waals surface area contributed by atoms with Crippen molar-refractivity contribution in [1.82, 2.24) is 9.97 Å². The molecular formula is C13H13BrN2O2. The van der Waals surface area contributed by atoms with Crippen LogP contribution in [0.2, 0.25) is 0 Å². The van der Waals surface area contributed by atoms with Crippen molar-refractivity contribution in [1.29, 1.82) is 0 Å². The van der Waals surface area contributed by atoms with Gasteiger partial charge in [0, 0.05) is 5.69 Å². The molecule has 0 saturated carbocycles. The Bertz CT molecular complexity index is 578. The highest BCUT2D eigenvalue weighted by atomic mass is 79.9. The molecule has 5 heteroatoms. The monoisotopic (exact) mass is 308 g/mol. The third kappa shape index (κ3) is 2.31. The second kappa shape index (κ2) is 5.35. The SMILES string of the molecule is COc1ccccc1-c1nc(C(=O)CBr)c(C)[nH]1. The summed E-state index contributed by atoms with van der Waals surface area (Å²) in [6.07, 6.45) is 0. The van der Waals surface area contributed by atoms with Crippen LogP contribution in [-0.2, 0) is 0 Å². The van der Waals surface area contributed by atoms with Crippen LogP contribution in [0.1, 0.15) is 16.2 Å². The molecule has 0 fully saturated rings. The number of rotatable bonds is 4. The Morgan fingerprint density at radius 2 is 2.17 bits per heavy atom. The fraction of sp³-hybridized carbons (Fsp3) is 0.231. The fourth-order valence-corrected chi connectivity index (χ4v) is 2.03. The van der Waals surface area contributed by atoms with Crippen molar-refractivity contribution in [2.75, 3.05) is 12.4 Å². The normalized spacial score (nSPS) is 10.4. The third-order valence-electron chi connectivity index (χ3n) is 2.63. The van der Waals surface area contributed by atoms with Gasteiger partial charge in [-0.3, -0.25) is 4.79 Å². The Labute approximate surface area is 114 Å². The number of hydrogen-bond donors (Lipinski definition) is 1. The molecule has 0 bridgehead atoms. The lowest BCUT2D eigenvalue weighted by Gasteiger charge is -2.04. The lowest BCUT2D eigenvalue weighted by Crippen LogP contribution is -2.02. The van der Waals surface area contributed by atoms with Crippen LogP contribution >= 0.6 is 15.9 Å². The molecule has 0 atom stereocenters. The van der Waals surface area contributed by atoms with Gasteiger partial charge in [-0.25, -0.2) is 4.98 Å². The molecule has 94 valence electrons. The van der Waals surface area contributed by atoms with E-state index in [-0.39, 0.29) is 11.1 Å². The number of hydrogen-bond acceptors (Lipinski definition) is 3. The van der Waals surface area contributed by atoms with Crippen molar-refractivity contribution in [2.24, 2.45) is 0 Å². The summed E-state index contributed by atoms with van der Waals surface area (Å²) in [6.45, 7) is 1.84. The molecule has 0 aliphatic carbocycles. The first-order valence-corrected chi connectivity index (χ1v) is 6.58. The van der Waals surface area contributed by atoms with Gasteiger partial charge in [-0.05, 0) is 19.1 Å². The number of nitrogens with zero attached hydrogens (tertiary/aromatic N) is 1. The van der Waals surface area contributed by atoms with Crippen molar-refractivity contribution < 1.29 is 9.53 Å². The Balaban J connectivity index is 2.49. The van der Waals surface area contributed by atoms with E-state index < -0.39 is 0 Å². The summed E-state index contributed by atoms with van der Waals surface area (Å²) in [5.74, 6) is 1.34. The van der Waals surface area contributed by atoms with E-state index in [1.54, 1.807) is 7.11 Å². The molecule has 2 rings (SSSR count). The van der Waals surface area contributed by atoms with Crippen LogP contribution in [-0.4, -0.2) is 28.2 Å². The maximum absolute atomic E-state index is 11.7. The van der Waals surface area contributed by atoms with Crippen molar-refractivity contribution in [3.05, 3.63) is 35.7 Å². The number of ether oxygens (including phenoxy) is 1. The number of H-pyrrole nitrogens is 1. The van der Waals surface area contributed by atoms with Gasteiger partial charge in [-0.15, -0.1) is 0 Å². The largest absolute Gasteiger partial charge is 0.496 e. The minimum Gasteiger partial charge on any atom is -0.496 e. The minimum absolute atomic E-state index is 0.0371. The molecule has 0 saturated heterocycles. The maximum atomic E-state index is 11.7. The summed E-state index contributed by atoms with van der Waals surface area (Å²) in [5, 5.41) is 0.268. The second-order valence-electron chi connectivity index (χ2n) is 3.82. The van der Waals surface area contributed by atoms with Crippen LogP contribution in [0.15, 0.2) is 24.3 Å². The maximum Gasteiger partial charge on any atom is 0.193 e. The summed E-state index contributed by atoms with van der Waals surface area (Å²) >= 11 is 3.15. The Morgan fingerprint density at radius 3 is 2.83 bits per heavy atom. The quantitative estimate of drug-likeness (QED) is 0.698. The summed E-state index contributed by atoms with van der Waals surface area (Å²) in [7, 11) is 1.61. The molecule has 0 unspecified atom stereocenters. The third-order valence-corrected chi connectivity index (χ3v) is 3.14. The summed E-state index contributed by atoms with van der Waals surface area (Å²) in [4.78, 5) is 19.1. The van der Waals surface area contributed by atoms with Crippen LogP contribution in [0, 0.1) is 6.92 Å². The Hall–Kier alpha value is -1.62. The number of carbonyl (C=O) groups is 1. The number of aryl methyl sites for hydroxylation is 1. The van der Waals surface area contributed by atoms with Gasteiger partial charge < -0.3 is 9.72 Å². The molecule has 0 spiro atoms. The van der Waals surface area contributed by atoms with Gasteiger partial charge in [-0.1, -0.05) is 28.1 Å². The summed E-state index contributed by atoms with van der Waals surface area (Å²) < 4.78 is 5.28. The average molecular weight is 309 g/mol. The van der Waals surface area contributed by atoms with E-state index in [9.17, 15) is 4.79 Å². The summed E-state index contributed by atoms with van der Waals surface area (Å²) in [6, 6.07) is 7.56. The van der Waals surface area contributed by atoms with E-state index >= 15 is 0 Å². The zero-order valence-electron chi connectivity index (χ0n) is 10.2. The number of alkyl halides is 1. The Kier molecular flexibility index (Phi) is 3.81. The topological polar surface area (TPSA) is 55.0 Å². The Morgan fingerprint density at radius 1 is 1.44 bits per heavy atom. The smallest absolute Gasteiger partial charge is 0.193 e. The van der Waals surface area contributed by atoms with Crippen molar-refractivity contribution in [3.8, 4) is 17.1 Å². The number of ketones is 1. The van der Waals surface area contributed by atoms with Crippen molar-refractivity contribution >= 4 is 21.7 Å². The number of methoxy groups -OCH3 is 1. The highest BCUT2D eigenvalue weighted by molar-refractivity contribution is 9.09. The lowest BCUT2D eigenvalue weighted by atomic mass is 10.2. The first-order chi connectivity index (χ1) is 8.67. The molecule has 0 amide bonds. The molecule has 4 nitrogen and oxygen atoms in total. The average Bonchev–Trinajstić information content (AvgIpc) is 2.79. The van der Waals surface area contributed by atoms with Gasteiger partial charge in [0.05, 0.1) is 18.0 Å². The number of para-hydroxylation sites is 1. The van der Waals surface area contributed by atoms with Gasteiger partial charge in [0.1, 0.15) is 17.3 Å². The number of nitrogens with one attached hydrogen (secondary N) is 1. The van der Waals surface area contributed by atoms with Crippen LogP contribution < -0.4 is 4.74 Å². The molecule has 1 heterocycles. The number of halogens is 1. The van der Waals surface area contributed by atoms with Gasteiger partial charge in [0.2, 0.25) is 0 Å². The van der Waals surface area contributed by atoms with Gasteiger partial charge >= 0.3 is 0 Å². The predicted molar refractivity (Wildman–Crippen MR) is 73.4 cm³/mol. The van der Waals surface area contributed by atoms with E-state index in [0.29, 0.717) is 11.5 Å². The molecule has 0 aliphatic rings.